The Kier molecular flexibility index (Phi) is 4.20. The molecule has 1 aromatic rings. The summed E-state index contributed by atoms with van der Waals surface area (Å²) in [5.41, 5.74) is 1.62. The van der Waals surface area contributed by atoms with E-state index < -0.39 is 10.0 Å². The third kappa shape index (κ3) is 3.30. The Morgan fingerprint density at radius 3 is 2.74 bits per heavy atom. The number of rotatable bonds is 3. The van der Waals surface area contributed by atoms with Gasteiger partial charge in [-0.3, -0.25) is 0 Å². The van der Waals surface area contributed by atoms with Gasteiger partial charge in [0.15, 0.2) is 5.17 Å². The molecule has 0 saturated carbocycles. The van der Waals surface area contributed by atoms with Crippen LogP contribution in [0.3, 0.4) is 0 Å². The van der Waals surface area contributed by atoms with Crippen LogP contribution in [0.5, 0.6) is 0 Å². The van der Waals surface area contributed by atoms with Crippen LogP contribution >= 0.6 is 11.8 Å². The molecule has 0 amide bonds. The van der Waals surface area contributed by atoms with Crippen molar-refractivity contribution in [1.82, 2.24) is 0 Å². The summed E-state index contributed by atoms with van der Waals surface area (Å²) in [7, 11) is -3.57. The fourth-order valence-corrected chi connectivity index (χ4v) is 3.95. The van der Waals surface area contributed by atoms with E-state index in [-0.39, 0.29) is 4.90 Å². The average Bonchev–Trinajstić information content (AvgIpc) is 2.35. The van der Waals surface area contributed by atoms with Gasteiger partial charge in [0.25, 0.3) is 10.0 Å². The monoisotopic (exact) mass is 298 g/mol. The summed E-state index contributed by atoms with van der Waals surface area (Å²) in [4.78, 5) is 0.278. The average molecular weight is 298 g/mol. The molecule has 1 heterocycles. The van der Waals surface area contributed by atoms with Crippen molar-refractivity contribution in [1.29, 1.82) is 0 Å². The summed E-state index contributed by atoms with van der Waals surface area (Å²) < 4.78 is 28.2. The lowest BCUT2D eigenvalue weighted by atomic mass is 10.1. The molecule has 0 bridgehead atoms. The van der Waals surface area contributed by atoms with Crippen LogP contribution in [0.15, 0.2) is 27.5 Å². The van der Waals surface area contributed by atoms with Gasteiger partial charge in [-0.15, -0.1) is 4.40 Å². The van der Waals surface area contributed by atoms with Gasteiger partial charge in [0.05, 0.1) is 5.69 Å². The molecule has 0 atom stereocenters. The standard InChI is InChI=1S/C13H18N2O2S2/c1-4-10-5-6-11-12(7-10)19(16,17)15-13(14-11)18-8-9(2)3/h5-7,9H,4,8H2,1-3H3,(H,14,15). The number of thioether (sulfide) groups is 1. The summed E-state index contributed by atoms with van der Waals surface area (Å²) in [5, 5.41) is 3.56. The highest BCUT2D eigenvalue weighted by atomic mass is 32.2. The van der Waals surface area contributed by atoms with Gasteiger partial charge in [0, 0.05) is 5.75 Å². The number of amidine groups is 1. The summed E-state index contributed by atoms with van der Waals surface area (Å²) in [5.74, 6) is 1.32. The Labute approximate surface area is 118 Å². The quantitative estimate of drug-likeness (QED) is 0.931. The van der Waals surface area contributed by atoms with Gasteiger partial charge in [0.1, 0.15) is 4.90 Å². The second-order valence-electron chi connectivity index (χ2n) is 4.89. The van der Waals surface area contributed by atoms with E-state index in [2.05, 4.69) is 23.6 Å². The van der Waals surface area contributed by atoms with E-state index in [1.165, 1.54) is 11.8 Å². The number of sulfonamides is 1. The molecule has 1 aliphatic heterocycles. The number of benzene rings is 1. The largest absolute Gasteiger partial charge is 0.333 e. The molecule has 0 fully saturated rings. The first-order valence-corrected chi connectivity index (χ1v) is 8.72. The van der Waals surface area contributed by atoms with Gasteiger partial charge in [-0.2, -0.15) is 8.42 Å². The molecule has 19 heavy (non-hydrogen) atoms. The van der Waals surface area contributed by atoms with Crippen LogP contribution in [0.2, 0.25) is 0 Å². The summed E-state index contributed by atoms with van der Waals surface area (Å²) >= 11 is 1.44. The molecule has 104 valence electrons. The van der Waals surface area contributed by atoms with Gasteiger partial charge in [-0.1, -0.05) is 38.6 Å². The van der Waals surface area contributed by atoms with Crippen molar-refractivity contribution in [3.05, 3.63) is 23.8 Å². The SMILES string of the molecule is CCc1ccc2c(c1)S(=O)(=O)N=C(SCC(C)C)N2. The summed E-state index contributed by atoms with van der Waals surface area (Å²) in [6.45, 7) is 6.18. The van der Waals surface area contributed by atoms with Crippen LogP contribution in [0.4, 0.5) is 5.69 Å². The predicted octanol–water partition coefficient (Wildman–Crippen LogP) is 3.11. The van der Waals surface area contributed by atoms with E-state index in [0.29, 0.717) is 16.8 Å². The summed E-state index contributed by atoms with van der Waals surface area (Å²) in [6.07, 6.45) is 0.807. The van der Waals surface area contributed by atoms with E-state index in [1.54, 1.807) is 6.07 Å². The lowest BCUT2D eigenvalue weighted by molar-refractivity contribution is 0.598. The predicted molar refractivity (Wildman–Crippen MR) is 81.4 cm³/mol. The zero-order valence-electron chi connectivity index (χ0n) is 11.3. The van der Waals surface area contributed by atoms with E-state index in [9.17, 15) is 8.42 Å². The molecule has 1 aromatic carbocycles. The molecular formula is C13H18N2O2S2. The molecule has 1 aliphatic rings. The number of hydrogen-bond acceptors (Lipinski definition) is 4. The number of fused-ring (bicyclic) bond motifs is 1. The maximum Gasteiger partial charge on any atom is 0.286 e. The third-order valence-corrected chi connectivity index (χ3v) is 5.46. The lowest BCUT2D eigenvalue weighted by Gasteiger charge is -2.18. The maximum atomic E-state index is 12.2. The molecule has 0 radical (unpaired) electrons. The van der Waals surface area contributed by atoms with Crippen LogP contribution < -0.4 is 5.32 Å². The molecule has 0 aliphatic carbocycles. The van der Waals surface area contributed by atoms with Crippen molar-refractivity contribution in [2.75, 3.05) is 11.1 Å². The normalized spacial score (nSPS) is 16.7. The zero-order valence-corrected chi connectivity index (χ0v) is 12.9. The van der Waals surface area contributed by atoms with Crippen LogP contribution in [-0.4, -0.2) is 19.3 Å². The van der Waals surface area contributed by atoms with Crippen LogP contribution in [0.1, 0.15) is 26.3 Å². The van der Waals surface area contributed by atoms with Crippen molar-refractivity contribution in [2.45, 2.75) is 32.1 Å². The van der Waals surface area contributed by atoms with Crippen LogP contribution in [0, 0.1) is 5.92 Å². The number of nitrogens with one attached hydrogen (secondary N) is 1. The topological polar surface area (TPSA) is 58.5 Å². The highest BCUT2D eigenvalue weighted by Gasteiger charge is 2.25. The van der Waals surface area contributed by atoms with E-state index in [0.717, 1.165) is 17.7 Å². The van der Waals surface area contributed by atoms with Gasteiger partial charge < -0.3 is 5.32 Å². The van der Waals surface area contributed by atoms with Gasteiger partial charge >= 0.3 is 0 Å². The van der Waals surface area contributed by atoms with Crippen LogP contribution in [0.25, 0.3) is 0 Å². The minimum atomic E-state index is -3.57. The molecule has 1 N–H and O–H groups in total. The highest BCUT2D eigenvalue weighted by molar-refractivity contribution is 8.14. The van der Waals surface area contributed by atoms with Gasteiger partial charge in [-0.05, 0) is 30.0 Å². The minimum absolute atomic E-state index is 0.278. The number of aryl methyl sites for hydroxylation is 1. The Morgan fingerprint density at radius 1 is 1.37 bits per heavy atom. The number of nitrogens with zero attached hydrogens (tertiary/aromatic N) is 1. The second kappa shape index (κ2) is 5.54. The molecule has 6 heteroatoms. The Hall–Kier alpha value is -1.01. The fourth-order valence-electron chi connectivity index (χ4n) is 1.71. The first kappa shape index (κ1) is 14.4. The fraction of sp³-hybridized carbons (Fsp3) is 0.462. The van der Waals surface area contributed by atoms with Crippen molar-refractivity contribution >= 4 is 32.6 Å². The maximum absolute atomic E-state index is 12.2. The number of hydrogen-bond donors (Lipinski definition) is 1. The van der Waals surface area contributed by atoms with Gasteiger partial charge in [-0.25, -0.2) is 0 Å². The Balaban J connectivity index is 2.32. The third-order valence-electron chi connectivity index (χ3n) is 2.73. The van der Waals surface area contributed by atoms with Crippen molar-refractivity contribution < 1.29 is 8.42 Å². The minimum Gasteiger partial charge on any atom is -0.333 e. The molecule has 2 rings (SSSR count). The first-order valence-electron chi connectivity index (χ1n) is 6.30. The van der Waals surface area contributed by atoms with E-state index >= 15 is 0 Å². The smallest absolute Gasteiger partial charge is 0.286 e. The molecule has 4 nitrogen and oxygen atoms in total. The second-order valence-corrected chi connectivity index (χ2v) is 7.47. The van der Waals surface area contributed by atoms with E-state index in [1.807, 2.05) is 19.1 Å². The lowest BCUT2D eigenvalue weighted by Crippen LogP contribution is -2.20. The van der Waals surface area contributed by atoms with Crippen molar-refractivity contribution in [2.24, 2.45) is 10.3 Å². The molecular weight excluding hydrogens is 280 g/mol. The van der Waals surface area contributed by atoms with Gasteiger partial charge in [0.2, 0.25) is 0 Å². The van der Waals surface area contributed by atoms with Crippen molar-refractivity contribution in [3.63, 3.8) is 0 Å². The van der Waals surface area contributed by atoms with E-state index in [4.69, 9.17) is 0 Å². The molecule has 0 unspecified atom stereocenters. The Bertz CT molecular complexity index is 607. The highest BCUT2D eigenvalue weighted by Crippen LogP contribution is 2.30. The zero-order chi connectivity index (χ0) is 14.0. The molecule has 0 saturated heterocycles. The van der Waals surface area contributed by atoms with Crippen molar-refractivity contribution in [3.8, 4) is 0 Å². The summed E-state index contributed by atoms with van der Waals surface area (Å²) in [6, 6.07) is 5.46. The first-order chi connectivity index (χ1) is 8.92. The van der Waals surface area contributed by atoms with Crippen LogP contribution in [-0.2, 0) is 16.4 Å². The number of anilines is 1. The Morgan fingerprint density at radius 2 is 2.11 bits per heavy atom. The molecule has 0 aromatic heterocycles. The molecule has 0 spiro atoms.